The van der Waals surface area contributed by atoms with Gasteiger partial charge >= 0.3 is 12.0 Å². The third-order valence-electron chi connectivity index (χ3n) is 5.50. The van der Waals surface area contributed by atoms with Gasteiger partial charge in [0.2, 0.25) is 0 Å². The lowest BCUT2D eigenvalue weighted by molar-refractivity contribution is 0.0695. The van der Waals surface area contributed by atoms with Gasteiger partial charge in [-0.25, -0.2) is 14.2 Å². The number of fused-ring (bicyclic) bond motifs is 1. The number of hydrogen-bond donors (Lipinski definition) is 2. The largest absolute Gasteiger partial charge is 0.486 e. The number of carboxylic acid groups (broad SMARTS) is 1. The van der Waals surface area contributed by atoms with Crippen molar-refractivity contribution in [1.29, 1.82) is 0 Å². The Kier molecular flexibility index (Phi) is 6.26. The fourth-order valence-electron chi connectivity index (χ4n) is 3.65. The zero-order valence-corrected chi connectivity index (χ0v) is 19.7. The number of imidazole rings is 1. The van der Waals surface area contributed by atoms with Crippen molar-refractivity contribution in [3.8, 4) is 28.8 Å². The van der Waals surface area contributed by atoms with Crippen LogP contribution in [0.1, 0.15) is 21.5 Å². The van der Waals surface area contributed by atoms with Crippen molar-refractivity contribution >= 4 is 28.7 Å². The second-order valence-corrected chi connectivity index (χ2v) is 8.44. The van der Waals surface area contributed by atoms with E-state index in [0.717, 1.165) is 5.56 Å². The molecule has 9 heteroatoms. The number of halogens is 2. The van der Waals surface area contributed by atoms with Crippen LogP contribution in [0.4, 0.5) is 4.39 Å². The van der Waals surface area contributed by atoms with E-state index in [9.17, 15) is 14.3 Å². The second kappa shape index (κ2) is 9.67. The Balaban J connectivity index is 1.39. The SMILES string of the molecule is Cc1ccc(Oc2nc3nc(-c4ccc(OCc5ccccc5)c(F)c4)c(Cl)cc3[nH]2)cc1C(=O)O. The molecule has 7 nitrogen and oxygen atoms in total. The first-order valence-electron chi connectivity index (χ1n) is 10.9. The first-order chi connectivity index (χ1) is 17.4. The lowest BCUT2D eigenvalue weighted by Gasteiger charge is -2.09. The number of H-pyrrole nitrogens is 1. The van der Waals surface area contributed by atoms with E-state index in [-0.39, 0.29) is 23.9 Å². The predicted molar refractivity (Wildman–Crippen MR) is 133 cm³/mol. The summed E-state index contributed by atoms with van der Waals surface area (Å²) in [6, 6.07) is 20.4. The zero-order chi connectivity index (χ0) is 25.2. The number of aromatic amines is 1. The number of ether oxygens (including phenoxy) is 2. The van der Waals surface area contributed by atoms with Crippen LogP contribution in [0, 0.1) is 12.7 Å². The van der Waals surface area contributed by atoms with E-state index in [0.29, 0.717) is 38.8 Å². The van der Waals surface area contributed by atoms with Crippen LogP contribution in [0.2, 0.25) is 5.02 Å². The number of rotatable bonds is 7. The molecule has 5 rings (SSSR count). The van der Waals surface area contributed by atoms with Crippen molar-refractivity contribution in [3.63, 3.8) is 0 Å². The Labute approximate surface area is 210 Å². The third-order valence-corrected chi connectivity index (χ3v) is 5.79. The number of carbonyl (C=O) groups is 1. The Bertz CT molecular complexity index is 1590. The lowest BCUT2D eigenvalue weighted by atomic mass is 10.1. The molecule has 0 saturated heterocycles. The van der Waals surface area contributed by atoms with Gasteiger partial charge in [0.05, 0.1) is 21.8 Å². The van der Waals surface area contributed by atoms with Gasteiger partial charge in [0.15, 0.2) is 17.2 Å². The average molecular weight is 504 g/mol. The van der Waals surface area contributed by atoms with Crippen LogP contribution in [-0.2, 0) is 6.61 Å². The van der Waals surface area contributed by atoms with Crippen molar-refractivity contribution in [3.05, 3.63) is 100 Å². The highest BCUT2D eigenvalue weighted by Crippen LogP contribution is 2.33. The molecular formula is C27H19ClFN3O4. The van der Waals surface area contributed by atoms with E-state index >= 15 is 0 Å². The number of benzene rings is 3. The van der Waals surface area contributed by atoms with Crippen LogP contribution >= 0.6 is 11.6 Å². The molecule has 2 N–H and O–H groups in total. The summed E-state index contributed by atoms with van der Waals surface area (Å²) in [4.78, 5) is 23.1. The van der Waals surface area contributed by atoms with E-state index < -0.39 is 11.8 Å². The number of hydrogen-bond acceptors (Lipinski definition) is 5. The minimum absolute atomic E-state index is 0.113. The van der Waals surface area contributed by atoms with Crippen LogP contribution < -0.4 is 9.47 Å². The maximum Gasteiger partial charge on any atom is 0.336 e. The number of nitrogens with zero attached hydrogens (tertiary/aromatic N) is 2. The van der Waals surface area contributed by atoms with Crippen LogP contribution in [0.5, 0.6) is 17.5 Å². The average Bonchev–Trinajstić information content (AvgIpc) is 3.25. The van der Waals surface area contributed by atoms with Gasteiger partial charge in [-0.1, -0.05) is 48.0 Å². The monoisotopic (exact) mass is 503 g/mol. The van der Waals surface area contributed by atoms with E-state index in [1.807, 2.05) is 30.3 Å². The molecule has 0 atom stereocenters. The number of pyridine rings is 1. The van der Waals surface area contributed by atoms with Crippen LogP contribution in [0.3, 0.4) is 0 Å². The Morgan fingerprint density at radius 1 is 1.06 bits per heavy atom. The first kappa shape index (κ1) is 23.3. The van der Waals surface area contributed by atoms with Gasteiger partial charge in [-0.05, 0) is 54.4 Å². The molecule has 0 unspecified atom stereocenters. The maximum absolute atomic E-state index is 14.8. The zero-order valence-electron chi connectivity index (χ0n) is 19.0. The lowest BCUT2D eigenvalue weighted by Crippen LogP contribution is -2.00. The minimum atomic E-state index is -1.05. The normalized spacial score (nSPS) is 11.0. The molecule has 3 aromatic carbocycles. The van der Waals surface area contributed by atoms with Gasteiger partial charge < -0.3 is 19.6 Å². The second-order valence-electron chi connectivity index (χ2n) is 8.04. The molecule has 2 aromatic heterocycles. The summed E-state index contributed by atoms with van der Waals surface area (Å²) in [7, 11) is 0. The predicted octanol–water partition coefficient (Wildman–Crippen LogP) is 6.80. The van der Waals surface area contributed by atoms with Gasteiger partial charge in [0.1, 0.15) is 12.4 Å². The van der Waals surface area contributed by atoms with Gasteiger partial charge in [0, 0.05) is 5.56 Å². The highest BCUT2D eigenvalue weighted by atomic mass is 35.5. The van der Waals surface area contributed by atoms with Gasteiger partial charge in [0.25, 0.3) is 0 Å². The molecule has 0 saturated carbocycles. The van der Waals surface area contributed by atoms with Crippen molar-refractivity contribution in [1.82, 2.24) is 15.0 Å². The fraction of sp³-hybridized carbons (Fsp3) is 0.0741. The summed E-state index contributed by atoms with van der Waals surface area (Å²) in [5, 5.41) is 9.61. The van der Waals surface area contributed by atoms with Gasteiger partial charge in [-0.3, -0.25) is 0 Å². The van der Waals surface area contributed by atoms with Crippen molar-refractivity contribution < 1.29 is 23.8 Å². The first-order valence-corrected chi connectivity index (χ1v) is 11.3. The summed E-state index contributed by atoms with van der Waals surface area (Å²) in [6.07, 6.45) is 0. The molecule has 0 amide bonds. The number of aromatic carboxylic acids is 1. The molecule has 180 valence electrons. The Morgan fingerprint density at radius 3 is 2.61 bits per heavy atom. The number of carboxylic acids is 1. The van der Waals surface area contributed by atoms with Crippen molar-refractivity contribution in [2.45, 2.75) is 13.5 Å². The molecule has 2 heterocycles. The molecular weight excluding hydrogens is 485 g/mol. The fourth-order valence-corrected chi connectivity index (χ4v) is 3.91. The number of nitrogens with one attached hydrogen (secondary N) is 1. The van der Waals surface area contributed by atoms with E-state index in [2.05, 4.69) is 15.0 Å². The van der Waals surface area contributed by atoms with Crippen LogP contribution in [-0.4, -0.2) is 26.0 Å². The minimum Gasteiger partial charge on any atom is -0.486 e. The molecule has 0 aliphatic heterocycles. The molecule has 5 aromatic rings. The summed E-state index contributed by atoms with van der Waals surface area (Å²) in [5.41, 5.74) is 3.29. The van der Waals surface area contributed by atoms with Crippen molar-refractivity contribution in [2.75, 3.05) is 0 Å². The Morgan fingerprint density at radius 2 is 1.86 bits per heavy atom. The molecule has 36 heavy (non-hydrogen) atoms. The number of aromatic nitrogens is 3. The summed E-state index contributed by atoms with van der Waals surface area (Å²) in [6.45, 7) is 1.94. The summed E-state index contributed by atoms with van der Waals surface area (Å²) in [5.74, 6) is -1.17. The molecule has 0 aliphatic carbocycles. The maximum atomic E-state index is 14.8. The molecule has 0 aliphatic rings. The molecule has 0 bridgehead atoms. The Hall–Kier alpha value is -4.43. The standard InChI is InChI=1S/C27H19ClFN3O4/c1-15-7-9-18(12-19(15)26(33)34)36-27-30-22-13-20(28)24(31-25(22)32-27)17-8-10-23(21(29)11-17)35-14-16-5-3-2-4-6-16/h2-13H,14H2,1H3,(H,33,34)(H,30,31,32). The topological polar surface area (TPSA) is 97.3 Å². The highest BCUT2D eigenvalue weighted by molar-refractivity contribution is 6.33. The molecule has 0 spiro atoms. The van der Waals surface area contributed by atoms with Gasteiger partial charge in [-0.15, -0.1) is 0 Å². The smallest absolute Gasteiger partial charge is 0.336 e. The van der Waals surface area contributed by atoms with Crippen LogP contribution in [0.15, 0.2) is 72.8 Å². The molecule has 0 radical (unpaired) electrons. The molecule has 0 fully saturated rings. The van der Waals surface area contributed by atoms with E-state index in [1.165, 1.54) is 18.2 Å². The third kappa shape index (κ3) is 4.85. The van der Waals surface area contributed by atoms with E-state index in [1.54, 1.807) is 31.2 Å². The van der Waals surface area contributed by atoms with Gasteiger partial charge in [-0.2, -0.15) is 4.98 Å². The summed E-state index contributed by atoms with van der Waals surface area (Å²) >= 11 is 6.44. The van der Waals surface area contributed by atoms with Crippen molar-refractivity contribution in [2.24, 2.45) is 0 Å². The number of aryl methyl sites for hydroxylation is 1. The highest BCUT2D eigenvalue weighted by Gasteiger charge is 2.15. The quantitative estimate of drug-likeness (QED) is 0.253. The van der Waals surface area contributed by atoms with Crippen LogP contribution in [0.25, 0.3) is 22.4 Å². The summed E-state index contributed by atoms with van der Waals surface area (Å²) < 4.78 is 26.1. The van der Waals surface area contributed by atoms with E-state index in [4.69, 9.17) is 21.1 Å².